The average molecular weight is 568 g/mol. The topological polar surface area (TPSA) is 0 Å². The highest BCUT2D eigenvalue weighted by Gasteiger charge is 2.20. The van der Waals surface area contributed by atoms with Gasteiger partial charge in [0.25, 0.3) is 0 Å². The molecule has 4 heteroatoms. The first kappa shape index (κ1) is 15.6. The van der Waals surface area contributed by atoms with Crippen molar-refractivity contribution in [1.82, 2.24) is 0 Å². The first-order chi connectivity index (χ1) is 11.6. The summed E-state index contributed by atoms with van der Waals surface area (Å²) in [5.74, 6) is 0. The van der Waals surface area contributed by atoms with Crippen LogP contribution in [0, 0.1) is 0 Å². The van der Waals surface area contributed by atoms with Gasteiger partial charge >= 0.3 is 0 Å². The Hall–Kier alpha value is -0.680. The lowest BCUT2D eigenvalue weighted by Crippen LogP contribution is -1.90. The SMILES string of the molecule is Brc1c(Br)c2c(Br)ccc3c4cccc5cccc(c(c1Br)c23)c54. The summed E-state index contributed by atoms with van der Waals surface area (Å²) < 4.78 is 4.28. The molecule has 0 spiro atoms. The smallest absolute Gasteiger partial charge is 0.0472 e. The molecule has 5 rings (SSSR count). The van der Waals surface area contributed by atoms with Gasteiger partial charge in [-0.15, -0.1) is 0 Å². The predicted molar refractivity (Wildman–Crippen MR) is 118 cm³/mol. The molecule has 116 valence electrons. The summed E-state index contributed by atoms with van der Waals surface area (Å²) in [5.41, 5.74) is 0. The Morgan fingerprint density at radius 3 is 1.83 bits per heavy atom. The number of fused-ring (bicyclic) bond motifs is 2. The van der Waals surface area contributed by atoms with E-state index in [1.165, 1.54) is 43.1 Å². The fourth-order valence-electron chi connectivity index (χ4n) is 3.73. The maximum Gasteiger partial charge on any atom is 0.0472 e. The van der Waals surface area contributed by atoms with E-state index in [-0.39, 0.29) is 0 Å². The Labute approximate surface area is 172 Å². The third-order valence-corrected chi connectivity index (χ3v) is 8.80. The fraction of sp³-hybridized carbons (Fsp3) is 0. The van der Waals surface area contributed by atoms with Crippen LogP contribution in [0.25, 0.3) is 43.1 Å². The van der Waals surface area contributed by atoms with Crippen molar-refractivity contribution in [3.63, 3.8) is 0 Å². The van der Waals surface area contributed by atoms with Crippen LogP contribution in [0.2, 0.25) is 0 Å². The van der Waals surface area contributed by atoms with Gasteiger partial charge in [-0.3, -0.25) is 0 Å². The molecule has 0 amide bonds. The molecule has 0 heterocycles. The van der Waals surface area contributed by atoms with Gasteiger partial charge in [-0.25, -0.2) is 0 Å². The zero-order valence-electron chi connectivity index (χ0n) is 12.1. The average Bonchev–Trinajstić information content (AvgIpc) is 2.59. The van der Waals surface area contributed by atoms with Crippen molar-refractivity contribution in [3.8, 4) is 0 Å². The first-order valence-electron chi connectivity index (χ1n) is 7.40. The minimum atomic E-state index is 1.04. The van der Waals surface area contributed by atoms with E-state index in [0.717, 1.165) is 17.9 Å². The first-order valence-corrected chi connectivity index (χ1v) is 10.6. The van der Waals surface area contributed by atoms with Crippen LogP contribution in [-0.2, 0) is 0 Å². The van der Waals surface area contributed by atoms with E-state index in [1.54, 1.807) is 0 Å². The predicted octanol–water partition coefficient (Wildman–Crippen LogP) is 8.79. The minimum absolute atomic E-state index is 1.04. The van der Waals surface area contributed by atoms with E-state index in [0.29, 0.717) is 0 Å². The third kappa shape index (κ3) is 1.89. The molecule has 0 atom stereocenters. The molecule has 24 heavy (non-hydrogen) atoms. The number of hydrogen-bond acceptors (Lipinski definition) is 0. The van der Waals surface area contributed by atoms with Crippen LogP contribution >= 0.6 is 63.7 Å². The zero-order valence-corrected chi connectivity index (χ0v) is 18.5. The second-order valence-electron chi connectivity index (χ2n) is 5.87. The van der Waals surface area contributed by atoms with Crippen LogP contribution in [0.1, 0.15) is 0 Å². The molecule has 0 aliphatic heterocycles. The quantitative estimate of drug-likeness (QED) is 0.0996. The lowest BCUT2D eigenvalue weighted by molar-refractivity contribution is 1.63. The Kier molecular flexibility index (Phi) is 3.51. The van der Waals surface area contributed by atoms with Crippen molar-refractivity contribution in [3.05, 3.63) is 66.4 Å². The maximum absolute atomic E-state index is 3.83. The van der Waals surface area contributed by atoms with Gasteiger partial charge in [-0.05, 0) is 80.8 Å². The number of halogens is 4. The molecule has 0 aliphatic carbocycles. The molecule has 0 aliphatic rings. The Morgan fingerprint density at radius 1 is 0.458 bits per heavy atom. The third-order valence-electron chi connectivity index (χ3n) is 4.69. The summed E-state index contributed by atoms with van der Waals surface area (Å²) in [6.45, 7) is 0. The highest BCUT2D eigenvalue weighted by Crippen LogP contribution is 2.50. The molecule has 0 nitrogen and oxygen atoms in total. The Bertz CT molecular complexity index is 1280. The van der Waals surface area contributed by atoms with Gasteiger partial charge in [0.05, 0.1) is 0 Å². The van der Waals surface area contributed by atoms with E-state index in [1.807, 2.05) is 0 Å². The normalized spacial score (nSPS) is 12.2. The molecule has 0 N–H and O–H groups in total. The van der Waals surface area contributed by atoms with Crippen molar-refractivity contribution in [1.29, 1.82) is 0 Å². The van der Waals surface area contributed by atoms with Crippen molar-refractivity contribution in [2.45, 2.75) is 0 Å². The minimum Gasteiger partial charge on any atom is -0.0610 e. The summed E-state index contributed by atoms with van der Waals surface area (Å²) in [4.78, 5) is 0. The molecule has 0 saturated heterocycles. The summed E-state index contributed by atoms with van der Waals surface area (Å²) in [6, 6.07) is 17.4. The van der Waals surface area contributed by atoms with Crippen molar-refractivity contribution < 1.29 is 0 Å². The van der Waals surface area contributed by atoms with Crippen LogP contribution in [-0.4, -0.2) is 0 Å². The summed E-state index contributed by atoms with van der Waals surface area (Å²) in [6.07, 6.45) is 0. The van der Waals surface area contributed by atoms with Crippen LogP contribution < -0.4 is 0 Å². The maximum atomic E-state index is 3.83. The largest absolute Gasteiger partial charge is 0.0610 e. The van der Waals surface area contributed by atoms with E-state index < -0.39 is 0 Å². The summed E-state index contributed by atoms with van der Waals surface area (Å²) in [7, 11) is 0. The van der Waals surface area contributed by atoms with Gasteiger partial charge in [0, 0.05) is 34.0 Å². The summed E-state index contributed by atoms with van der Waals surface area (Å²) >= 11 is 15.1. The lowest BCUT2D eigenvalue weighted by Gasteiger charge is -2.18. The molecular weight excluding hydrogens is 560 g/mol. The molecule has 0 aromatic heterocycles. The standard InChI is InChI=1S/C20H8Br4/c21-13-8-7-11-10-5-1-3-9-4-2-6-12(14(9)10)16-15(11)17(13)19(23)20(24)18(16)22/h1-8H. The van der Waals surface area contributed by atoms with Gasteiger partial charge in [0.15, 0.2) is 0 Å². The Balaban J connectivity index is 2.32. The lowest BCUT2D eigenvalue weighted by atomic mass is 9.90. The summed E-state index contributed by atoms with van der Waals surface area (Å²) in [5, 5.41) is 10.2. The Morgan fingerprint density at radius 2 is 1.08 bits per heavy atom. The van der Waals surface area contributed by atoms with Crippen molar-refractivity contribution in [2.75, 3.05) is 0 Å². The van der Waals surface area contributed by atoms with Crippen LogP contribution in [0.15, 0.2) is 66.4 Å². The molecule has 0 saturated carbocycles. The van der Waals surface area contributed by atoms with E-state index in [9.17, 15) is 0 Å². The molecule has 5 aromatic rings. The number of rotatable bonds is 0. The van der Waals surface area contributed by atoms with Crippen molar-refractivity contribution >= 4 is 107 Å². The van der Waals surface area contributed by atoms with Gasteiger partial charge in [-0.2, -0.15) is 0 Å². The van der Waals surface area contributed by atoms with Crippen LogP contribution in [0.3, 0.4) is 0 Å². The second kappa shape index (κ2) is 5.41. The van der Waals surface area contributed by atoms with E-state index in [4.69, 9.17) is 0 Å². The highest BCUT2D eigenvalue weighted by molar-refractivity contribution is 9.14. The fourth-order valence-corrected chi connectivity index (χ4v) is 6.41. The monoisotopic (exact) mass is 564 g/mol. The highest BCUT2D eigenvalue weighted by atomic mass is 79.9. The zero-order chi connectivity index (χ0) is 16.6. The van der Waals surface area contributed by atoms with Crippen molar-refractivity contribution in [2.24, 2.45) is 0 Å². The van der Waals surface area contributed by atoms with Gasteiger partial charge in [0.2, 0.25) is 0 Å². The van der Waals surface area contributed by atoms with Crippen LogP contribution in [0.4, 0.5) is 0 Å². The number of benzene rings is 5. The molecule has 0 fully saturated rings. The molecule has 5 aromatic carbocycles. The molecular formula is C20H8Br4. The molecule has 0 bridgehead atoms. The number of hydrogen-bond donors (Lipinski definition) is 0. The van der Waals surface area contributed by atoms with E-state index in [2.05, 4.69) is 112 Å². The molecule has 0 unspecified atom stereocenters. The van der Waals surface area contributed by atoms with Gasteiger partial charge in [-0.1, -0.05) is 58.4 Å². The van der Waals surface area contributed by atoms with E-state index >= 15 is 0 Å². The second-order valence-corrected chi connectivity index (χ2v) is 9.10. The van der Waals surface area contributed by atoms with Gasteiger partial charge < -0.3 is 0 Å². The molecule has 0 radical (unpaired) electrons. The van der Waals surface area contributed by atoms with Gasteiger partial charge in [0.1, 0.15) is 0 Å². The van der Waals surface area contributed by atoms with Crippen LogP contribution in [0.5, 0.6) is 0 Å².